The molecule has 0 radical (unpaired) electrons. The maximum atomic E-state index is 2.32. The van der Waals surface area contributed by atoms with Crippen LogP contribution < -0.4 is 0 Å². The van der Waals surface area contributed by atoms with E-state index in [1.54, 1.807) is 5.29 Å². The minimum atomic E-state index is 0.698. The number of hydrogen-bond donors (Lipinski definition) is 0. The van der Waals surface area contributed by atoms with Gasteiger partial charge in [0.05, 0.1) is 0 Å². The Morgan fingerprint density at radius 3 is 2.82 bits per heavy atom. The molecule has 1 aliphatic heterocycles. The van der Waals surface area contributed by atoms with Crippen LogP contribution >= 0.6 is 8.20 Å². The quantitative estimate of drug-likeness (QED) is 0.519. The Bertz CT molecular complexity index is 301. The van der Waals surface area contributed by atoms with Crippen molar-refractivity contribution in [3.63, 3.8) is 0 Å². The molecule has 1 aliphatic carbocycles. The zero-order valence-corrected chi connectivity index (χ0v) is 7.73. The molecule has 11 heavy (non-hydrogen) atoms. The topological polar surface area (TPSA) is 0 Å². The second-order valence-electron chi connectivity index (χ2n) is 3.20. The van der Waals surface area contributed by atoms with Gasteiger partial charge in [-0.05, 0) is 28.9 Å². The van der Waals surface area contributed by atoms with E-state index in [4.69, 9.17) is 0 Å². The standard InChI is InChI=1S/C10H11P/c1-7(2)10-6-8-4-3-5-9(8)11-10/h3-7H,1-2H3. The molecule has 0 atom stereocenters. The van der Waals surface area contributed by atoms with Crippen molar-refractivity contribution in [2.45, 2.75) is 13.8 Å². The van der Waals surface area contributed by atoms with Gasteiger partial charge in [0.15, 0.2) is 0 Å². The molecular formula is C10H11P. The van der Waals surface area contributed by atoms with Gasteiger partial charge in [-0.2, -0.15) is 0 Å². The lowest BCUT2D eigenvalue weighted by Crippen LogP contribution is -1.97. The Kier molecular flexibility index (Phi) is 1.58. The third kappa shape index (κ3) is 1.12. The highest BCUT2D eigenvalue weighted by Crippen LogP contribution is 2.36. The smallest absolute Gasteiger partial charge is 0.00931 e. The summed E-state index contributed by atoms with van der Waals surface area (Å²) in [6.07, 6.45) is 8.85. The van der Waals surface area contributed by atoms with Gasteiger partial charge in [-0.3, -0.25) is 0 Å². The lowest BCUT2D eigenvalue weighted by Gasteiger charge is -1.99. The lowest BCUT2D eigenvalue weighted by atomic mass is 10.1. The SMILES string of the molecule is CC(C)C1=PC2=CC=CC2=C1. The molecule has 0 aromatic heterocycles. The van der Waals surface area contributed by atoms with Gasteiger partial charge in [0.25, 0.3) is 0 Å². The number of fused-ring (bicyclic) bond motifs is 1. The summed E-state index contributed by atoms with van der Waals surface area (Å²) in [5, 5.41) is 3.03. The number of hydrogen-bond acceptors (Lipinski definition) is 0. The first-order valence-corrected chi connectivity index (χ1v) is 4.86. The predicted molar refractivity (Wildman–Crippen MR) is 52.1 cm³/mol. The van der Waals surface area contributed by atoms with E-state index in [0.29, 0.717) is 5.92 Å². The zero-order chi connectivity index (χ0) is 7.84. The normalized spacial score (nSPS) is 21.5. The minimum absolute atomic E-state index is 0.698. The van der Waals surface area contributed by atoms with Crippen molar-refractivity contribution < 1.29 is 0 Å². The Morgan fingerprint density at radius 1 is 1.36 bits per heavy atom. The van der Waals surface area contributed by atoms with Crippen molar-refractivity contribution in [2.75, 3.05) is 0 Å². The summed E-state index contributed by atoms with van der Waals surface area (Å²) in [6, 6.07) is 0. The van der Waals surface area contributed by atoms with E-state index in [1.807, 2.05) is 0 Å². The van der Waals surface area contributed by atoms with Crippen molar-refractivity contribution in [2.24, 2.45) is 5.92 Å². The molecule has 0 saturated carbocycles. The van der Waals surface area contributed by atoms with E-state index in [1.165, 1.54) is 19.1 Å². The maximum Gasteiger partial charge on any atom is 0.00931 e. The summed E-state index contributed by atoms with van der Waals surface area (Å²) >= 11 is 0. The van der Waals surface area contributed by atoms with E-state index in [9.17, 15) is 0 Å². The van der Waals surface area contributed by atoms with Gasteiger partial charge in [-0.15, -0.1) is 0 Å². The summed E-state index contributed by atoms with van der Waals surface area (Å²) in [7, 11) is 1.42. The first-order chi connectivity index (χ1) is 5.27. The second-order valence-corrected chi connectivity index (χ2v) is 4.42. The van der Waals surface area contributed by atoms with Crippen LogP contribution in [0.5, 0.6) is 0 Å². The molecule has 0 nitrogen and oxygen atoms in total. The average Bonchev–Trinajstić information content (AvgIpc) is 2.40. The molecule has 0 amide bonds. The molecule has 0 fully saturated rings. The van der Waals surface area contributed by atoms with E-state index in [2.05, 4.69) is 38.2 Å². The molecule has 2 aliphatic rings. The molecule has 1 heteroatoms. The van der Waals surface area contributed by atoms with Gasteiger partial charge in [0, 0.05) is 5.31 Å². The summed E-state index contributed by atoms with van der Waals surface area (Å²) in [6.45, 7) is 4.51. The molecule has 0 unspecified atom stereocenters. The Morgan fingerprint density at radius 2 is 2.18 bits per heavy atom. The van der Waals surface area contributed by atoms with Gasteiger partial charge < -0.3 is 0 Å². The van der Waals surface area contributed by atoms with E-state index in [-0.39, 0.29) is 0 Å². The van der Waals surface area contributed by atoms with Crippen molar-refractivity contribution in [1.29, 1.82) is 0 Å². The third-order valence-corrected chi connectivity index (χ3v) is 3.52. The van der Waals surface area contributed by atoms with Crippen LogP contribution in [0, 0.1) is 5.92 Å². The van der Waals surface area contributed by atoms with Crippen molar-refractivity contribution >= 4 is 13.5 Å². The highest BCUT2D eigenvalue weighted by molar-refractivity contribution is 7.47. The summed E-state index contributed by atoms with van der Waals surface area (Å²) in [4.78, 5) is 0. The summed E-state index contributed by atoms with van der Waals surface area (Å²) < 4.78 is 0. The molecule has 0 N–H and O–H groups in total. The molecule has 0 saturated heterocycles. The summed E-state index contributed by atoms with van der Waals surface area (Å²) in [5.41, 5.74) is 1.43. The van der Waals surface area contributed by atoms with E-state index < -0.39 is 0 Å². The molecule has 0 aromatic carbocycles. The monoisotopic (exact) mass is 162 g/mol. The largest absolute Gasteiger partial charge is 0.0640 e. The third-order valence-electron chi connectivity index (χ3n) is 1.97. The van der Waals surface area contributed by atoms with Crippen LogP contribution in [-0.4, -0.2) is 5.29 Å². The van der Waals surface area contributed by atoms with Crippen molar-refractivity contribution in [3.8, 4) is 0 Å². The maximum absolute atomic E-state index is 2.32. The number of allylic oxidation sites excluding steroid dienone is 6. The van der Waals surface area contributed by atoms with Crippen LogP contribution in [0.2, 0.25) is 0 Å². The fraction of sp³-hybridized carbons (Fsp3) is 0.300. The lowest BCUT2D eigenvalue weighted by molar-refractivity contribution is 0.905. The highest BCUT2D eigenvalue weighted by atomic mass is 31.1. The Hall–Kier alpha value is -0.610. The Labute approximate surface area is 69.1 Å². The van der Waals surface area contributed by atoms with Crippen LogP contribution in [0.4, 0.5) is 0 Å². The van der Waals surface area contributed by atoms with Crippen LogP contribution in [0.3, 0.4) is 0 Å². The predicted octanol–water partition coefficient (Wildman–Crippen LogP) is 3.15. The first-order valence-electron chi connectivity index (χ1n) is 3.96. The fourth-order valence-electron chi connectivity index (χ4n) is 1.27. The van der Waals surface area contributed by atoms with Gasteiger partial charge in [-0.25, -0.2) is 0 Å². The van der Waals surface area contributed by atoms with Crippen LogP contribution in [0.1, 0.15) is 13.8 Å². The van der Waals surface area contributed by atoms with Crippen LogP contribution in [0.15, 0.2) is 35.2 Å². The van der Waals surface area contributed by atoms with Gasteiger partial charge in [-0.1, -0.05) is 34.2 Å². The van der Waals surface area contributed by atoms with Gasteiger partial charge >= 0.3 is 0 Å². The van der Waals surface area contributed by atoms with E-state index >= 15 is 0 Å². The van der Waals surface area contributed by atoms with Crippen molar-refractivity contribution in [1.82, 2.24) is 0 Å². The number of rotatable bonds is 1. The molecule has 56 valence electrons. The fourth-order valence-corrected chi connectivity index (χ4v) is 2.44. The molecule has 0 aromatic rings. The van der Waals surface area contributed by atoms with Crippen molar-refractivity contribution in [3.05, 3.63) is 35.2 Å². The van der Waals surface area contributed by atoms with Gasteiger partial charge in [0.2, 0.25) is 0 Å². The Balaban J connectivity index is 2.34. The highest BCUT2D eigenvalue weighted by Gasteiger charge is 2.14. The second kappa shape index (κ2) is 2.46. The molecule has 0 spiro atoms. The van der Waals surface area contributed by atoms with E-state index in [0.717, 1.165) is 0 Å². The average molecular weight is 162 g/mol. The molecule has 0 bridgehead atoms. The first kappa shape index (κ1) is 7.06. The van der Waals surface area contributed by atoms with Crippen LogP contribution in [-0.2, 0) is 0 Å². The summed E-state index contributed by atoms with van der Waals surface area (Å²) in [5.74, 6) is 0.698. The van der Waals surface area contributed by atoms with Gasteiger partial charge in [0.1, 0.15) is 0 Å². The molecular weight excluding hydrogens is 151 g/mol. The zero-order valence-electron chi connectivity index (χ0n) is 6.83. The molecule has 1 heterocycles. The minimum Gasteiger partial charge on any atom is -0.0640 e. The molecule has 2 rings (SSSR count). The van der Waals surface area contributed by atoms with Crippen LogP contribution in [0.25, 0.3) is 0 Å².